The first-order chi connectivity index (χ1) is 47.6. The van der Waals surface area contributed by atoms with Gasteiger partial charge in [-0.05, 0) is 123 Å². The van der Waals surface area contributed by atoms with E-state index < -0.39 is 32.5 Å². The monoisotopic (exact) mass is 1530 g/mol. The average Bonchev–Trinajstić information content (AvgIpc) is 0.817. The number of ether oxygens (including phenoxy) is 3. The molecule has 0 aromatic carbocycles. The fourth-order valence-electron chi connectivity index (χ4n) is 11.2. The summed E-state index contributed by atoms with van der Waals surface area (Å²) in [6, 6.07) is 0. The smallest absolute Gasteiger partial charge is 0.337 e. The van der Waals surface area contributed by atoms with Crippen LogP contribution in [0.5, 0.6) is 0 Å². The lowest BCUT2D eigenvalue weighted by atomic mass is 9.83. The summed E-state index contributed by atoms with van der Waals surface area (Å²) < 4.78 is 59.6. The molecule has 0 bridgehead atoms. The Hall–Kier alpha value is -4.01. The Balaban J connectivity index is 0. The quantitative estimate of drug-likeness (QED) is 0.0129. The van der Waals surface area contributed by atoms with Crippen LogP contribution in [0.15, 0.2) is 85.1 Å². The van der Waals surface area contributed by atoms with E-state index in [1.54, 1.807) is 45.6 Å². The molecular formula is C81H147N2O17PSi3. The summed E-state index contributed by atoms with van der Waals surface area (Å²) in [6.07, 6.45) is 17.1. The van der Waals surface area contributed by atoms with Crippen molar-refractivity contribution in [3.05, 3.63) is 85.1 Å². The van der Waals surface area contributed by atoms with Crippen LogP contribution in [0.25, 0.3) is 0 Å². The number of piperidine rings is 2. The number of carbonyl (C=O) groups excluding carboxylic acids is 7. The third-order valence-corrected chi connectivity index (χ3v) is 37.9. The zero-order valence-electron chi connectivity index (χ0n) is 70.7. The molecule has 0 aromatic heterocycles. The second-order valence-electron chi connectivity index (χ2n) is 33.8. The van der Waals surface area contributed by atoms with Crippen molar-refractivity contribution in [2.24, 2.45) is 65.1 Å². The number of ketones is 2. The van der Waals surface area contributed by atoms with Crippen molar-refractivity contribution in [1.29, 1.82) is 0 Å². The molecule has 0 spiro atoms. The van der Waals surface area contributed by atoms with Gasteiger partial charge in [0.15, 0.2) is 30.7 Å². The van der Waals surface area contributed by atoms with E-state index in [2.05, 4.69) is 206 Å². The molecule has 2 saturated heterocycles. The van der Waals surface area contributed by atoms with Gasteiger partial charge in [-0.15, -0.1) is 19.7 Å². The number of hydrogen-bond donors (Lipinski definition) is 3. The van der Waals surface area contributed by atoms with Gasteiger partial charge in [-0.3, -0.25) is 44.0 Å². The summed E-state index contributed by atoms with van der Waals surface area (Å²) in [4.78, 5) is 80.2. The van der Waals surface area contributed by atoms with Crippen LogP contribution in [0.1, 0.15) is 184 Å². The summed E-state index contributed by atoms with van der Waals surface area (Å²) in [5.41, 5.74) is 3.50. The Labute approximate surface area is 634 Å². The summed E-state index contributed by atoms with van der Waals surface area (Å²) in [5, 5.41) is 14.2. The molecular weight excluding hydrogens is 1390 g/mol. The van der Waals surface area contributed by atoms with Gasteiger partial charge < -0.3 is 46.4 Å². The van der Waals surface area contributed by atoms with E-state index in [0.717, 1.165) is 17.4 Å². The maximum atomic E-state index is 12.9. The molecule has 2 fully saturated rings. The number of nitrogens with one attached hydrogen (secondary N) is 2. The Kier molecular flexibility index (Phi) is 45.6. The number of carbonyl (C=O) groups is 7. The third kappa shape index (κ3) is 34.3. The highest BCUT2D eigenvalue weighted by atomic mass is 31.2. The maximum Gasteiger partial charge on any atom is 0.337 e. The molecule has 4 amide bonds. The number of hydrogen-bond acceptors (Lipinski definition) is 17. The Morgan fingerprint density at radius 3 is 1.06 bits per heavy atom. The van der Waals surface area contributed by atoms with E-state index in [1.165, 1.54) is 19.8 Å². The first-order valence-corrected chi connectivity index (χ1v) is 47.7. The highest BCUT2D eigenvalue weighted by molar-refractivity contribution is 7.54. The van der Waals surface area contributed by atoms with Crippen LogP contribution in [0.4, 0.5) is 0 Å². The molecule has 0 unspecified atom stereocenters. The summed E-state index contributed by atoms with van der Waals surface area (Å²) in [7, 11) is -1.74. The maximum absolute atomic E-state index is 12.9. The van der Waals surface area contributed by atoms with E-state index in [4.69, 9.17) is 36.5 Å². The van der Waals surface area contributed by atoms with Crippen LogP contribution in [0.3, 0.4) is 0 Å². The highest BCUT2D eigenvalue weighted by Gasteiger charge is 2.45. The molecule has 23 heteroatoms. The number of aliphatic hydroxyl groups is 1. The predicted octanol–water partition coefficient (Wildman–Crippen LogP) is 17.5. The third-order valence-electron chi connectivity index (χ3n) is 22.6. The van der Waals surface area contributed by atoms with Crippen molar-refractivity contribution in [2.45, 2.75) is 275 Å². The van der Waals surface area contributed by atoms with Crippen molar-refractivity contribution in [2.75, 3.05) is 48.3 Å². The molecule has 2 heterocycles. The number of allylic oxidation sites excluding steroid dienone is 5. The van der Waals surface area contributed by atoms with Gasteiger partial charge in [-0.25, -0.2) is 0 Å². The fraction of sp³-hybridized carbons (Fsp3) is 0.741. The van der Waals surface area contributed by atoms with Crippen molar-refractivity contribution < 1.29 is 79.8 Å². The van der Waals surface area contributed by atoms with Crippen LogP contribution in [-0.4, -0.2) is 156 Å². The number of aldehydes is 1. The number of aliphatic hydroxyl groups excluding tert-OH is 1. The van der Waals surface area contributed by atoms with Crippen LogP contribution in [0, 0.1) is 65.1 Å². The van der Waals surface area contributed by atoms with Gasteiger partial charge in [-0.1, -0.05) is 184 Å². The second kappa shape index (κ2) is 46.5. The topological polar surface area (TPSA) is 255 Å². The summed E-state index contributed by atoms with van der Waals surface area (Å²) in [6.45, 7) is 70.4. The molecule has 15 atom stereocenters. The highest BCUT2D eigenvalue weighted by Crippen LogP contribution is 2.48. The molecule has 600 valence electrons. The average molecular weight is 1540 g/mol. The van der Waals surface area contributed by atoms with Crippen molar-refractivity contribution in [3.8, 4) is 0 Å². The normalized spacial score (nSPS) is 19.7. The zero-order valence-corrected chi connectivity index (χ0v) is 74.6. The molecule has 2 rings (SSSR count). The Bertz CT molecular complexity index is 2880. The number of amides is 4. The van der Waals surface area contributed by atoms with Gasteiger partial charge in [0.1, 0.15) is 36.5 Å². The molecule has 0 aromatic rings. The van der Waals surface area contributed by atoms with E-state index in [0.29, 0.717) is 44.4 Å². The molecule has 0 saturated carbocycles. The second-order valence-corrected chi connectivity index (χ2v) is 50.3. The van der Waals surface area contributed by atoms with E-state index in [9.17, 15) is 43.2 Å². The number of methoxy groups -OCH3 is 3. The molecule has 0 radical (unpaired) electrons. The van der Waals surface area contributed by atoms with Gasteiger partial charge >= 0.3 is 7.60 Å². The minimum Gasteiger partial charge on any atom is -0.410 e. The van der Waals surface area contributed by atoms with Gasteiger partial charge in [0.05, 0.1) is 18.3 Å². The number of Topliss-reactive ketones (excluding diaryl/α,β-unsaturated/α-hetero) is 1. The molecule has 2 aliphatic heterocycles. The lowest BCUT2D eigenvalue weighted by Crippen LogP contribution is -2.49. The molecule has 3 N–H and O–H groups in total. The van der Waals surface area contributed by atoms with Gasteiger partial charge in [0.25, 0.3) is 0 Å². The predicted molar refractivity (Wildman–Crippen MR) is 433 cm³/mol. The Morgan fingerprint density at radius 2 is 0.798 bits per heavy atom. The molecule has 19 nitrogen and oxygen atoms in total. The summed E-state index contributed by atoms with van der Waals surface area (Å²) >= 11 is 0. The first-order valence-electron chi connectivity index (χ1n) is 37.3. The SMILES string of the molecule is C=C[C@H](OC)[C@@H](O[Si](C)(C)C(C)(C)C)[C@H](C)/C=C(/C)[C@H](C)[C@H](C)C(=O)/C=C/CC1CC(=O)NC(=O)C1.C=C[C@H](OC)[C@@H](O[Si](C)(C)C(C)(C)C)[C@H](C)/C=C(/C)[C@H](C)[C@H](C)C(=O)CP(=O)(OC)OC.C=C[C@H](OC)[C@@H](O[Si](C)(C)C(C)(C)C)[C@H](C)/C=C(/C)[C@H](C)[C@H](C)CO.O=CCC1CC(=O)NC(=O)C1. The van der Waals surface area contributed by atoms with E-state index in [-0.39, 0.29) is 159 Å². The van der Waals surface area contributed by atoms with Crippen molar-refractivity contribution >= 4 is 74.0 Å². The van der Waals surface area contributed by atoms with Crippen LogP contribution in [-0.2, 0) is 74.7 Å². The van der Waals surface area contributed by atoms with Crippen LogP contribution < -0.4 is 10.6 Å². The Morgan fingerprint density at radius 1 is 0.510 bits per heavy atom. The lowest BCUT2D eigenvalue weighted by molar-refractivity contribution is -0.136. The van der Waals surface area contributed by atoms with Gasteiger partial charge in [0, 0.05) is 104 Å². The number of rotatable bonds is 39. The molecule has 2 aliphatic rings. The largest absolute Gasteiger partial charge is 0.410 e. The lowest BCUT2D eigenvalue weighted by Gasteiger charge is -2.42. The van der Waals surface area contributed by atoms with Crippen LogP contribution in [0.2, 0.25) is 54.4 Å². The van der Waals surface area contributed by atoms with Gasteiger partial charge in [-0.2, -0.15) is 0 Å². The van der Waals surface area contributed by atoms with Gasteiger partial charge in [0.2, 0.25) is 23.6 Å². The van der Waals surface area contributed by atoms with E-state index in [1.807, 2.05) is 33.8 Å². The van der Waals surface area contributed by atoms with Crippen LogP contribution >= 0.6 is 7.60 Å². The zero-order chi connectivity index (χ0) is 81.6. The van der Waals surface area contributed by atoms with Crippen molar-refractivity contribution in [3.63, 3.8) is 0 Å². The first kappa shape index (κ1) is 102. The van der Waals surface area contributed by atoms with Crippen molar-refractivity contribution in [1.82, 2.24) is 10.6 Å². The minimum atomic E-state index is -3.38. The molecule has 0 aliphatic carbocycles. The van der Waals surface area contributed by atoms with E-state index >= 15 is 0 Å². The standard InChI is InChI=1S/C29H49NO5Si.C24H47O6PSi.C21H42O3Si.C7H9NO3/c1-12-25(34-9)28(35-36(10,11)29(6,7)8)20(3)16-19(2)21(4)22(5)24(31)15-13-14-23-17-26(32)30-27(33)18-23;1-14-22(27-9)23(30-32(12,13)24(6,7)8)18(3)15-17(2)19(4)20(5)21(25)16-31(26,28-10)29-11;1-12-19(23-9)20(24-25(10,11)21(6,7)8)16(3)13-15(2)18(5)17(4)14-22;9-2-1-5-3-6(10)8-7(11)4-5/h12-13,15-16,20-23,25,28H,1,14,17-18H2,2-11H3,(H,30,32,33);14-15,18-20,22-23H,1,16H2,2-13H3;12-13,16-20,22H,1,14H2,2-11H3;2,5H,1,3-4H2,(H,8,10,11)/b15-13+,19-16-;17-15-;15-13-;/t20-,21+,22+,25+,28+;18-,19+,20+,22+,23+;16-,17-,18+,19+,20+;/m111./s1. The summed E-state index contributed by atoms with van der Waals surface area (Å²) in [5.74, 6) is -0.842. The molecule has 104 heavy (non-hydrogen) atoms. The minimum absolute atomic E-state index is 0.0367. The fourth-order valence-corrected chi connectivity index (χ4v) is 16.4. The number of imide groups is 2.